The molecule has 1 heterocycles. The molecule has 0 saturated heterocycles. The number of aromatic nitrogens is 1. The van der Waals surface area contributed by atoms with E-state index in [1.807, 2.05) is 38.1 Å². The monoisotopic (exact) mass is 362 g/mol. The summed E-state index contributed by atoms with van der Waals surface area (Å²) in [5.41, 5.74) is 2.70. The van der Waals surface area contributed by atoms with Gasteiger partial charge in [0.15, 0.2) is 0 Å². The Kier molecular flexibility index (Phi) is 4.33. The van der Waals surface area contributed by atoms with Crippen LogP contribution in [0.1, 0.15) is 24.1 Å². The molecule has 0 aliphatic carbocycles. The molecule has 2 aromatic carbocycles. The third kappa shape index (κ3) is 3.02. The SMILES string of the molecule is Cc1ccccc1C(C)NS(=O)(=O)c1ccc2c(c1)sc(=O)n2C. The van der Waals surface area contributed by atoms with Gasteiger partial charge in [-0.3, -0.25) is 4.79 Å². The molecular weight excluding hydrogens is 344 g/mol. The van der Waals surface area contributed by atoms with Gasteiger partial charge in [0.05, 0.1) is 15.1 Å². The number of sulfonamides is 1. The molecule has 0 aliphatic rings. The van der Waals surface area contributed by atoms with Gasteiger partial charge in [-0.1, -0.05) is 35.6 Å². The van der Waals surface area contributed by atoms with Crippen LogP contribution in [0.4, 0.5) is 0 Å². The number of fused-ring (bicyclic) bond motifs is 1. The van der Waals surface area contributed by atoms with Gasteiger partial charge >= 0.3 is 4.87 Å². The lowest BCUT2D eigenvalue weighted by atomic mass is 10.0. The van der Waals surface area contributed by atoms with Crippen LogP contribution < -0.4 is 9.60 Å². The predicted octanol–water partition coefficient (Wildman–Crippen LogP) is 2.95. The van der Waals surface area contributed by atoms with Gasteiger partial charge in [-0.25, -0.2) is 13.1 Å². The van der Waals surface area contributed by atoms with E-state index in [0.29, 0.717) is 4.70 Å². The molecule has 0 saturated carbocycles. The molecule has 0 fully saturated rings. The summed E-state index contributed by atoms with van der Waals surface area (Å²) in [7, 11) is -2.00. The summed E-state index contributed by atoms with van der Waals surface area (Å²) in [5, 5.41) is 0. The number of benzene rings is 2. The Morgan fingerprint density at radius 3 is 2.58 bits per heavy atom. The van der Waals surface area contributed by atoms with E-state index in [1.165, 1.54) is 10.6 Å². The van der Waals surface area contributed by atoms with Crippen molar-refractivity contribution in [3.8, 4) is 0 Å². The number of nitrogens with one attached hydrogen (secondary N) is 1. The van der Waals surface area contributed by atoms with Gasteiger partial charge in [-0.15, -0.1) is 0 Å². The van der Waals surface area contributed by atoms with Crippen molar-refractivity contribution in [1.82, 2.24) is 9.29 Å². The standard InChI is InChI=1S/C17H18N2O3S2/c1-11-6-4-5-7-14(11)12(2)18-24(21,22)13-8-9-15-16(10-13)23-17(20)19(15)3/h4-10,12,18H,1-3H3. The summed E-state index contributed by atoms with van der Waals surface area (Å²) in [5.74, 6) is 0. The van der Waals surface area contributed by atoms with E-state index in [4.69, 9.17) is 0 Å². The van der Waals surface area contributed by atoms with E-state index in [9.17, 15) is 13.2 Å². The Morgan fingerprint density at radius 1 is 1.17 bits per heavy atom. The zero-order valence-corrected chi connectivity index (χ0v) is 15.2. The molecule has 126 valence electrons. The fourth-order valence-electron chi connectivity index (χ4n) is 2.72. The minimum atomic E-state index is -3.67. The molecule has 0 bridgehead atoms. The van der Waals surface area contributed by atoms with Gasteiger partial charge in [-0.05, 0) is 43.2 Å². The Labute approximate surface area is 144 Å². The lowest BCUT2D eigenvalue weighted by molar-refractivity contribution is 0.566. The molecular formula is C17H18N2O3S2. The summed E-state index contributed by atoms with van der Waals surface area (Å²) in [6.45, 7) is 3.77. The quantitative estimate of drug-likeness (QED) is 0.776. The van der Waals surface area contributed by atoms with Crippen LogP contribution >= 0.6 is 11.3 Å². The number of hydrogen-bond acceptors (Lipinski definition) is 4. The molecule has 0 spiro atoms. The van der Waals surface area contributed by atoms with Crippen LogP contribution in [0, 0.1) is 6.92 Å². The number of aryl methyl sites for hydroxylation is 2. The zero-order valence-electron chi connectivity index (χ0n) is 13.6. The fourth-order valence-corrected chi connectivity index (χ4v) is 4.96. The average molecular weight is 362 g/mol. The van der Waals surface area contributed by atoms with Crippen LogP contribution in [0.3, 0.4) is 0 Å². The highest BCUT2D eigenvalue weighted by molar-refractivity contribution is 7.89. The lowest BCUT2D eigenvalue weighted by Crippen LogP contribution is -2.27. The van der Waals surface area contributed by atoms with Crippen molar-refractivity contribution in [2.24, 2.45) is 7.05 Å². The molecule has 1 atom stereocenters. The highest BCUT2D eigenvalue weighted by Gasteiger charge is 2.20. The van der Waals surface area contributed by atoms with Gasteiger partial charge in [0.25, 0.3) is 0 Å². The third-order valence-corrected chi connectivity index (χ3v) is 6.59. The molecule has 0 aliphatic heterocycles. The maximum Gasteiger partial charge on any atom is 0.307 e. The number of thiazole rings is 1. The van der Waals surface area contributed by atoms with Crippen LogP contribution in [-0.2, 0) is 17.1 Å². The first-order chi connectivity index (χ1) is 11.3. The van der Waals surface area contributed by atoms with Crippen LogP contribution in [0.2, 0.25) is 0 Å². The summed E-state index contributed by atoms with van der Waals surface area (Å²) >= 11 is 1.04. The molecule has 5 nitrogen and oxygen atoms in total. The maximum absolute atomic E-state index is 12.7. The van der Waals surface area contributed by atoms with E-state index in [0.717, 1.165) is 28.0 Å². The van der Waals surface area contributed by atoms with Crippen molar-refractivity contribution in [2.75, 3.05) is 0 Å². The molecule has 3 aromatic rings. The smallest absolute Gasteiger partial charge is 0.302 e. The topological polar surface area (TPSA) is 68.2 Å². The predicted molar refractivity (Wildman–Crippen MR) is 97.0 cm³/mol. The van der Waals surface area contributed by atoms with Crippen molar-refractivity contribution in [1.29, 1.82) is 0 Å². The Morgan fingerprint density at radius 2 is 1.88 bits per heavy atom. The molecule has 3 rings (SSSR count). The van der Waals surface area contributed by atoms with Crippen molar-refractivity contribution in [3.05, 3.63) is 63.3 Å². The molecule has 24 heavy (non-hydrogen) atoms. The average Bonchev–Trinajstić information content (AvgIpc) is 2.81. The maximum atomic E-state index is 12.7. The van der Waals surface area contributed by atoms with E-state index >= 15 is 0 Å². The highest BCUT2D eigenvalue weighted by atomic mass is 32.2. The first-order valence-corrected chi connectivity index (χ1v) is 9.77. The fraction of sp³-hybridized carbons (Fsp3) is 0.235. The van der Waals surface area contributed by atoms with E-state index in [-0.39, 0.29) is 15.8 Å². The molecule has 1 unspecified atom stereocenters. The largest absolute Gasteiger partial charge is 0.307 e. The number of hydrogen-bond donors (Lipinski definition) is 1. The minimum absolute atomic E-state index is 0.110. The summed E-state index contributed by atoms with van der Waals surface area (Å²) in [4.78, 5) is 11.8. The number of rotatable bonds is 4. The summed E-state index contributed by atoms with van der Waals surface area (Å²) in [6, 6.07) is 12.1. The highest BCUT2D eigenvalue weighted by Crippen LogP contribution is 2.23. The molecule has 1 N–H and O–H groups in total. The second kappa shape index (κ2) is 6.16. The Balaban J connectivity index is 1.96. The van der Waals surface area contributed by atoms with E-state index in [1.54, 1.807) is 19.2 Å². The Bertz CT molecular complexity index is 1060. The summed E-state index contributed by atoms with van der Waals surface area (Å²) in [6.07, 6.45) is 0. The van der Waals surface area contributed by atoms with Crippen LogP contribution in [0.5, 0.6) is 0 Å². The first-order valence-electron chi connectivity index (χ1n) is 7.47. The second-order valence-electron chi connectivity index (χ2n) is 5.76. The normalized spacial score (nSPS) is 13.3. The molecule has 7 heteroatoms. The van der Waals surface area contributed by atoms with Gasteiger partial charge in [0.2, 0.25) is 10.0 Å². The number of nitrogens with zero attached hydrogens (tertiary/aromatic N) is 1. The Hall–Kier alpha value is -1.96. The molecule has 0 radical (unpaired) electrons. The van der Waals surface area contributed by atoms with Crippen molar-refractivity contribution >= 4 is 31.6 Å². The minimum Gasteiger partial charge on any atom is -0.302 e. The van der Waals surface area contributed by atoms with Crippen LogP contribution in [0.15, 0.2) is 52.2 Å². The van der Waals surface area contributed by atoms with Crippen LogP contribution in [-0.4, -0.2) is 13.0 Å². The summed E-state index contributed by atoms with van der Waals surface area (Å²) < 4.78 is 30.2. The van der Waals surface area contributed by atoms with Gasteiger partial charge < -0.3 is 4.57 Å². The van der Waals surface area contributed by atoms with Gasteiger partial charge in [0.1, 0.15) is 0 Å². The van der Waals surface area contributed by atoms with E-state index in [2.05, 4.69) is 4.72 Å². The molecule has 1 aromatic heterocycles. The van der Waals surface area contributed by atoms with E-state index < -0.39 is 10.0 Å². The zero-order chi connectivity index (χ0) is 17.5. The van der Waals surface area contributed by atoms with Gasteiger partial charge in [-0.2, -0.15) is 0 Å². The third-order valence-electron chi connectivity index (χ3n) is 4.06. The van der Waals surface area contributed by atoms with Crippen molar-refractivity contribution in [2.45, 2.75) is 24.8 Å². The van der Waals surface area contributed by atoms with Crippen LogP contribution in [0.25, 0.3) is 10.2 Å². The van der Waals surface area contributed by atoms with Gasteiger partial charge in [0, 0.05) is 13.1 Å². The van der Waals surface area contributed by atoms with Crippen molar-refractivity contribution < 1.29 is 8.42 Å². The van der Waals surface area contributed by atoms with Crippen molar-refractivity contribution in [3.63, 3.8) is 0 Å². The second-order valence-corrected chi connectivity index (χ2v) is 8.46. The molecule has 0 amide bonds. The lowest BCUT2D eigenvalue weighted by Gasteiger charge is -2.16. The first kappa shape index (κ1) is 16.9.